The first-order chi connectivity index (χ1) is 13.3. The molecule has 1 aliphatic rings. The van der Waals surface area contributed by atoms with Crippen molar-refractivity contribution >= 4 is 38.9 Å². The molecule has 9 heteroatoms. The number of ether oxygens (including phenoxy) is 1. The maximum absolute atomic E-state index is 12.7. The molecule has 28 heavy (non-hydrogen) atoms. The lowest BCUT2D eigenvalue weighted by Crippen LogP contribution is -2.29. The van der Waals surface area contributed by atoms with Crippen molar-refractivity contribution in [1.29, 1.82) is 0 Å². The molecule has 0 unspecified atom stereocenters. The van der Waals surface area contributed by atoms with Crippen molar-refractivity contribution in [3.05, 3.63) is 45.6 Å². The highest BCUT2D eigenvalue weighted by molar-refractivity contribution is 7.89. The van der Waals surface area contributed by atoms with E-state index in [0.29, 0.717) is 18.8 Å². The predicted molar refractivity (Wildman–Crippen MR) is 107 cm³/mol. The molecule has 1 N–H and O–H groups in total. The molecule has 0 aliphatic carbocycles. The standard InChI is InChI=1S/C19H22N2O5S2/c1-13-6-5-7-15(14(13)2)20-17(22)12-26-19(23)18-16(8-11-27-18)28(24,25)21-9-3-4-10-21/h5-8,11H,3-4,9-10,12H2,1-2H3,(H,20,22). The lowest BCUT2D eigenvalue weighted by molar-refractivity contribution is -0.119. The first kappa shape index (κ1) is 20.5. The van der Waals surface area contributed by atoms with Gasteiger partial charge in [0.05, 0.1) is 0 Å². The molecular formula is C19H22N2O5S2. The third-order valence-electron chi connectivity index (χ3n) is 4.71. The Morgan fingerprint density at radius 2 is 1.89 bits per heavy atom. The van der Waals surface area contributed by atoms with Crippen LogP contribution in [0, 0.1) is 13.8 Å². The Bertz CT molecular complexity index is 992. The average Bonchev–Trinajstić information content (AvgIpc) is 3.35. The second-order valence-electron chi connectivity index (χ2n) is 6.60. The smallest absolute Gasteiger partial charge is 0.350 e. The molecule has 2 heterocycles. The van der Waals surface area contributed by atoms with Gasteiger partial charge in [-0.15, -0.1) is 11.3 Å². The van der Waals surface area contributed by atoms with Gasteiger partial charge in [0, 0.05) is 18.8 Å². The molecule has 0 radical (unpaired) electrons. The molecule has 150 valence electrons. The van der Waals surface area contributed by atoms with Gasteiger partial charge in [-0.3, -0.25) is 4.79 Å². The van der Waals surface area contributed by atoms with Crippen LogP contribution in [0.4, 0.5) is 5.69 Å². The molecule has 0 saturated carbocycles. The number of carbonyl (C=O) groups excluding carboxylic acids is 2. The van der Waals surface area contributed by atoms with Gasteiger partial charge in [0.15, 0.2) is 6.61 Å². The average molecular weight is 423 g/mol. The van der Waals surface area contributed by atoms with Gasteiger partial charge in [0.2, 0.25) is 10.0 Å². The summed E-state index contributed by atoms with van der Waals surface area (Å²) in [5.41, 5.74) is 2.61. The number of hydrogen-bond acceptors (Lipinski definition) is 6. The highest BCUT2D eigenvalue weighted by Crippen LogP contribution is 2.28. The minimum atomic E-state index is -3.73. The fourth-order valence-electron chi connectivity index (χ4n) is 2.99. The zero-order valence-electron chi connectivity index (χ0n) is 15.7. The molecule has 1 saturated heterocycles. The second kappa shape index (κ2) is 8.42. The van der Waals surface area contributed by atoms with Crippen LogP contribution in [0.3, 0.4) is 0 Å². The molecule has 1 aromatic heterocycles. The minimum Gasteiger partial charge on any atom is -0.451 e. The summed E-state index contributed by atoms with van der Waals surface area (Å²) >= 11 is 0.991. The van der Waals surface area contributed by atoms with E-state index in [-0.39, 0.29) is 9.77 Å². The van der Waals surface area contributed by atoms with E-state index in [0.717, 1.165) is 35.3 Å². The maximum atomic E-state index is 12.7. The topological polar surface area (TPSA) is 92.8 Å². The number of anilines is 1. The molecule has 0 spiro atoms. The summed E-state index contributed by atoms with van der Waals surface area (Å²) in [4.78, 5) is 24.5. The zero-order valence-corrected chi connectivity index (χ0v) is 17.4. The van der Waals surface area contributed by atoms with E-state index >= 15 is 0 Å². The van der Waals surface area contributed by atoms with Gasteiger partial charge in [-0.1, -0.05) is 12.1 Å². The van der Waals surface area contributed by atoms with Gasteiger partial charge >= 0.3 is 5.97 Å². The number of hydrogen-bond donors (Lipinski definition) is 1. The lowest BCUT2D eigenvalue weighted by Gasteiger charge is -2.15. The quantitative estimate of drug-likeness (QED) is 0.723. The number of aryl methyl sites for hydroxylation is 1. The van der Waals surface area contributed by atoms with Gasteiger partial charge in [-0.25, -0.2) is 13.2 Å². The van der Waals surface area contributed by atoms with Crippen LogP contribution in [-0.4, -0.2) is 44.3 Å². The number of nitrogens with one attached hydrogen (secondary N) is 1. The molecule has 2 aromatic rings. The Morgan fingerprint density at radius 3 is 2.61 bits per heavy atom. The van der Waals surface area contributed by atoms with E-state index in [2.05, 4.69) is 5.32 Å². The lowest BCUT2D eigenvalue weighted by atomic mass is 10.1. The Morgan fingerprint density at radius 1 is 1.18 bits per heavy atom. The van der Waals surface area contributed by atoms with Gasteiger partial charge in [-0.2, -0.15) is 4.31 Å². The number of nitrogens with zero attached hydrogens (tertiary/aromatic N) is 1. The van der Waals surface area contributed by atoms with E-state index < -0.39 is 28.5 Å². The summed E-state index contributed by atoms with van der Waals surface area (Å²) < 4.78 is 31.9. The van der Waals surface area contributed by atoms with Crippen molar-refractivity contribution in [3.8, 4) is 0 Å². The molecule has 1 aliphatic heterocycles. The highest BCUT2D eigenvalue weighted by atomic mass is 32.2. The fraction of sp³-hybridized carbons (Fsp3) is 0.368. The molecular weight excluding hydrogens is 400 g/mol. The van der Waals surface area contributed by atoms with E-state index in [9.17, 15) is 18.0 Å². The molecule has 0 atom stereocenters. The Balaban J connectivity index is 1.65. The van der Waals surface area contributed by atoms with Crippen LogP contribution in [0.1, 0.15) is 33.6 Å². The number of esters is 1. The predicted octanol–water partition coefficient (Wildman–Crippen LogP) is 2.94. The molecule has 1 aromatic carbocycles. The van der Waals surface area contributed by atoms with Crippen LogP contribution >= 0.6 is 11.3 Å². The normalized spacial score (nSPS) is 14.8. The van der Waals surface area contributed by atoms with Crippen molar-refractivity contribution < 1.29 is 22.7 Å². The van der Waals surface area contributed by atoms with Crippen molar-refractivity contribution in [2.45, 2.75) is 31.6 Å². The molecule has 1 amide bonds. The van der Waals surface area contributed by atoms with Crippen molar-refractivity contribution in [2.75, 3.05) is 25.0 Å². The van der Waals surface area contributed by atoms with Crippen LogP contribution in [0.25, 0.3) is 0 Å². The molecule has 3 rings (SSSR count). The zero-order chi connectivity index (χ0) is 20.3. The van der Waals surface area contributed by atoms with Crippen LogP contribution < -0.4 is 5.32 Å². The molecule has 1 fully saturated rings. The van der Waals surface area contributed by atoms with E-state index in [1.54, 1.807) is 6.07 Å². The van der Waals surface area contributed by atoms with Crippen LogP contribution in [0.15, 0.2) is 34.5 Å². The SMILES string of the molecule is Cc1cccc(NC(=O)COC(=O)c2sccc2S(=O)(=O)N2CCCC2)c1C. The second-order valence-corrected chi connectivity index (χ2v) is 9.42. The third kappa shape index (κ3) is 4.26. The fourth-order valence-corrected chi connectivity index (χ4v) is 5.79. The first-order valence-electron chi connectivity index (χ1n) is 8.91. The van der Waals surface area contributed by atoms with Crippen LogP contribution in [-0.2, 0) is 19.6 Å². The van der Waals surface area contributed by atoms with Gasteiger partial charge in [0.25, 0.3) is 5.91 Å². The Kier molecular flexibility index (Phi) is 6.17. The summed E-state index contributed by atoms with van der Waals surface area (Å²) in [6, 6.07) is 6.93. The van der Waals surface area contributed by atoms with Crippen molar-refractivity contribution in [3.63, 3.8) is 0 Å². The number of rotatable bonds is 6. The Hall–Kier alpha value is -2.23. The first-order valence-corrected chi connectivity index (χ1v) is 11.2. The van der Waals surface area contributed by atoms with E-state index in [4.69, 9.17) is 4.74 Å². The third-order valence-corrected chi connectivity index (χ3v) is 7.68. The van der Waals surface area contributed by atoms with Crippen LogP contribution in [0.5, 0.6) is 0 Å². The largest absolute Gasteiger partial charge is 0.451 e. The summed E-state index contributed by atoms with van der Waals surface area (Å²) in [5, 5.41) is 4.24. The monoisotopic (exact) mass is 422 g/mol. The van der Waals surface area contributed by atoms with Gasteiger partial charge in [-0.05, 0) is 55.3 Å². The molecule has 0 bridgehead atoms. The van der Waals surface area contributed by atoms with Crippen molar-refractivity contribution in [1.82, 2.24) is 4.31 Å². The van der Waals surface area contributed by atoms with Gasteiger partial charge in [0.1, 0.15) is 9.77 Å². The van der Waals surface area contributed by atoms with E-state index in [1.165, 1.54) is 15.8 Å². The summed E-state index contributed by atoms with van der Waals surface area (Å²) in [6.07, 6.45) is 1.61. The summed E-state index contributed by atoms with van der Waals surface area (Å²) in [5.74, 6) is -1.30. The number of carbonyl (C=O) groups is 2. The Labute approximate surface area is 168 Å². The summed E-state index contributed by atoms with van der Waals surface area (Å²) in [6.45, 7) is 4.23. The number of amides is 1. The van der Waals surface area contributed by atoms with Crippen LogP contribution in [0.2, 0.25) is 0 Å². The minimum absolute atomic E-state index is 0.00793. The number of benzene rings is 1. The molecule has 7 nitrogen and oxygen atoms in total. The number of thiophene rings is 1. The highest BCUT2D eigenvalue weighted by Gasteiger charge is 2.32. The maximum Gasteiger partial charge on any atom is 0.350 e. The number of sulfonamides is 1. The summed E-state index contributed by atoms with van der Waals surface area (Å²) in [7, 11) is -3.73. The van der Waals surface area contributed by atoms with Gasteiger partial charge < -0.3 is 10.1 Å². The van der Waals surface area contributed by atoms with E-state index in [1.807, 2.05) is 26.0 Å². The van der Waals surface area contributed by atoms with Crippen molar-refractivity contribution in [2.24, 2.45) is 0 Å².